The molecule has 0 unspecified atom stereocenters. The Morgan fingerprint density at radius 1 is 1.00 bits per heavy atom. The fourth-order valence-electron chi connectivity index (χ4n) is 3.68. The molecule has 0 bridgehead atoms. The number of hydrogen-bond donors (Lipinski definition) is 1. The number of carbonyl (C=O) groups excluding carboxylic acids is 1. The highest BCUT2D eigenvalue weighted by Crippen LogP contribution is 2.30. The Labute approximate surface area is 159 Å². The van der Waals surface area contributed by atoms with Gasteiger partial charge in [0, 0.05) is 23.1 Å². The molecule has 0 atom stereocenters. The van der Waals surface area contributed by atoms with E-state index in [1.54, 1.807) is 0 Å². The highest BCUT2D eigenvalue weighted by Gasteiger charge is 2.16. The monoisotopic (exact) mass is 360 g/mol. The molecule has 0 saturated heterocycles. The molecule has 138 valence electrons. The zero-order valence-corrected chi connectivity index (χ0v) is 15.4. The zero-order valence-electron chi connectivity index (χ0n) is 15.4. The van der Waals surface area contributed by atoms with Crippen LogP contribution in [0.3, 0.4) is 0 Å². The number of para-hydroxylation sites is 1. The largest absolute Gasteiger partial charge is 0.483 e. The molecule has 3 aromatic rings. The number of fused-ring (bicyclic) bond motifs is 1. The quantitative estimate of drug-likeness (QED) is 0.716. The first-order valence-corrected chi connectivity index (χ1v) is 9.67. The van der Waals surface area contributed by atoms with Crippen molar-refractivity contribution in [3.8, 4) is 17.0 Å². The van der Waals surface area contributed by atoms with Crippen molar-refractivity contribution in [3.05, 3.63) is 60.7 Å². The molecule has 1 heterocycles. The van der Waals surface area contributed by atoms with Gasteiger partial charge < -0.3 is 10.1 Å². The predicted molar refractivity (Wildman–Crippen MR) is 108 cm³/mol. The van der Waals surface area contributed by atoms with Crippen LogP contribution in [0.25, 0.3) is 22.2 Å². The standard InChI is InChI=1S/C23H24N2O2/c26-23(24-18-11-5-2-6-12-18)16-27-22-15-21(17-9-3-1-4-10-17)25-20-14-8-7-13-19(20)22/h1,3-4,7-10,13-15,18H,2,5-6,11-12,16H2,(H,24,26). The van der Waals surface area contributed by atoms with Crippen molar-refractivity contribution in [1.82, 2.24) is 10.3 Å². The first-order chi connectivity index (χ1) is 13.3. The Hall–Kier alpha value is -2.88. The lowest BCUT2D eigenvalue weighted by molar-refractivity contribution is -0.124. The van der Waals surface area contributed by atoms with E-state index >= 15 is 0 Å². The number of amides is 1. The lowest BCUT2D eigenvalue weighted by atomic mass is 9.95. The second-order valence-electron chi connectivity index (χ2n) is 7.08. The number of nitrogens with zero attached hydrogens (tertiary/aromatic N) is 1. The molecule has 0 aliphatic heterocycles. The summed E-state index contributed by atoms with van der Waals surface area (Å²) in [6.45, 7) is 0.0265. The average molecular weight is 360 g/mol. The van der Waals surface area contributed by atoms with Gasteiger partial charge in [-0.15, -0.1) is 0 Å². The highest BCUT2D eigenvalue weighted by atomic mass is 16.5. The van der Waals surface area contributed by atoms with Crippen LogP contribution < -0.4 is 10.1 Å². The molecule has 4 nitrogen and oxygen atoms in total. The summed E-state index contributed by atoms with van der Waals surface area (Å²) < 4.78 is 5.93. The number of carbonyl (C=O) groups is 1. The Morgan fingerprint density at radius 3 is 2.56 bits per heavy atom. The van der Waals surface area contributed by atoms with Crippen LogP contribution >= 0.6 is 0 Å². The average Bonchev–Trinajstić information content (AvgIpc) is 2.73. The summed E-state index contributed by atoms with van der Waals surface area (Å²) in [6, 6.07) is 20.1. The molecule has 27 heavy (non-hydrogen) atoms. The molecule has 1 fully saturated rings. The van der Waals surface area contributed by atoms with Gasteiger partial charge in [-0.25, -0.2) is 4.98 Å². The summed E-state index contributed by atoms with van der Waals surface area (Å²) in [6.07, 6.45) is 5.81. The molecule has 1 aliphatic rings. The minimum atomic E-state index is -0.0518. The Morgan fingerprint density at radius 2 is 1.74 bits per heavy atom. The van der Waals surface area contributed by atoms with Crippen LogP contribution in [0.2, 0.25) is 0 Å². The third-order valence-electron chi connectivity index (χ3n) is 5.08. The predicted octanol–water partition coefficient (Wildman–Crippen LogP) is 4.73. The summed E-state index contributed by atoms with van der Waals surface area (Å²) in [5.74, 6) is 0.641. The maximum atomic E-state index is 12.3. The molecular formula is C23H24N2O2. The fourth-order valence-corrected chi connectivity index (χ4v) is 3.68. The van der Waals surface area contributed by atoms with Crippen LogP contribution in [-0.4, -0.2) is 23.5 Å². The summed E-state index contributed by atoms with van der Waals surface area (Å²) in [5.41, 5.74) is 2.73. The van der Waals surface area contributed by atoms with Crippen LogP contribution in [-0.2, 0) is 4.79 Å². The van der Waals surface area contributed by atoms with Crippen molar-refractivity contribution in [1.29, 1.82) is 0 Å². The molecule has 0 radical (unpaired) electrons. The van der Waals surface area contributed by atoms with Crippen molar-refractivity contribution < 1.29 is 9.53 Å². The fraction of sp³-hybridized carbons (Fsp3) is 0.304. The zero-order chi connectivity index (χ0) is 18.5. The summed E-state index contributed by atoms with van der Waals surface area (Å²) in [5, 5.41) is 4.02. The van der Waals surface area contributed by atoms with E-state index in [0.717, 1.165) is 35.0 Å². The van der Waals surface area contributed by atoms with Gasteiger partial charge in [0.2, 0.25) is 0 Å². The Bertz CT molecular complexity index is 918. The van der Waals surface area contributed by atoms with E-state index in [2.05, 4.69) is 5.32 Å². The summed E-state index contributed by atoms with van der Waals surface area (Å²) in [4.78, 5) is 17.1. The Balaban J connectivity index is 1.54. The Kier molecular flexibility index (Phi) is 5.33. The number of benzene rings is 2. The molecule has 4 heteroatoms. The van der Waals surface area contributed by atoms with Gasteiger partial charge in [0.05, 0.1) is 11.2 Å². The minimum absolute atomic E-state index is 0.0265. The molecular weight excluding hydrogens is 336 g/mol. The van der Waals surface area contributed by atoms with Gasteiger partial charge in [-0.05, 0) is 25.0 Å². The summed E-state index contributed by atoms with van der Waals surface area (Å²) >= 11 is 0. The number of aromatic nitrogens is 1. The van der Waals surface area contributed by atoms with E-state index in [9.17, 15) is 4.79 Å². The highest BCUT2D eigenvalue weighted by molar-refractivity contribution is 5.88. The maximum absolute atomic E-state index is 12.3. The van der Waals surface area contributed by atoms with Gasteiger partial charge in [0.1, 0.15) is 5.75 Å². The van der Waals surface area contributed by atoms with Gasteiger partial charge in [-0.3, -0.25) is 4.79 Å². The van der Waals surface area contributed by atoms with Crippen molar-refractivity contribution in [2.24, 2.45) is 0 Å². The number of hydrogen-bond acceptors (Lipinski definition) is 3. The van der Waals surface area contributed by atoms with E-state index in [-0.39, 0.29) is 12.5 Å². The molecule has 1 N–H and O–H groups in total. The molecule has 1 aromatic heterocycles. The van der Waals surface area contributed by atoms with Gasteiger partial charge in [-0.2, -0.15) is 0 Å². The molecule has 1 aliphatic carbocycles. The number of rotatable bonds is 5. The van der Waals surface area contributed by atoms with Crippen molar-refractivity contribution in [3.63, 3.8) is 0 Å². The van der Waals surface area contributed by atoms with E-state index in [1.807, 2.05) is 60.7 Å². The van der Waals surface area contributed by atoms with E-state index < -0.39 is 0 Å². The number of ether oxygens (including phenoxy) is 1. The van der Waals surface area contributed by atoms with Crippen LogP contribution in [0.1, 0.15) is 32.1 Å². The molecule has 1 amide bonds. The van der Waals surface area contributed by atoms with Crippen LogP contribution in [0.5, 0.6) is 5.75 Å². The lowest BCUT2D eigenvalue weighted by Gasteiger charge is -2.22. The van der Waals surface area contributed by atoms with E-state index in [0.29, 0.717) is 11.8 Å². The molecule has 4 rings (SSSR count). The lowest BCUT2D eigenvalue weighted by Crippen LogP contribution is -2.39. The molecule has 1 saturated carbocycles. The van der Waals surface area contributed by atoms with Crippen molar-refractivity contribution in [2.75, 3.05) is 6.61 Å². The third-order valence-corrected chi connectivity index (χ3v) is 5.08. The first-order valence-electron chi connectivity index (χ1n) is 9.67. The van der Waals surface area contributed by atoms with Gasteiger partial charge in [0.25, 0.3) is 5.91 Å². The number of nitrogens with one attached hydrogen (secondary N) is 1. The summed E-state index contributed by atoms with van der Waals surface area (Å²) in [7, 11) is 0. The minimum Gasteiger partial charge on any atom is -0.483 e. The smallest absolute Gasteiger partial charge is 0.258 e. The van der Waals surface area contributed by atoms with Crippen LogP contribution in [0.15, 0.2) is 60.7 Å². The van der Waals surface area contributed by atoms with Crippen molar-refractivity contribution in [2.45, 2.75) is 38.1 Å². The molecule has 2 aromatic carbocycles. The van der Waals surface area contributed by atoms with Crippen molar-refractivity contribution >= 4 is 16.8 Å². The first kappa shape index (κ1) is 17.5. The van der Waals surface area contributed by atoms with Crippen LogP contribution in [0, 0.1) is 0 Å². The SMILES string of the molecule is O=C(COc1cc(-c2ccccc2)nc2ccccc12)NC1CCCCC1. The third kappa shape index (κ3) is 4.27. The van der Waals surface area contributed by atoms with E-state index in [4.69, 9.17) is 9.72 Å². The molecule has 0 spiro atoms. The second kappa shape index (κ2) is 8.21. The van der Waals surface area contributed by atoms with Gasteiger partial charge in [-0.1, -0.05) is 61.7 Å². The topological polar surface area (TPSA) is 51.2 Å². The second-order valence-corrected chi connectivity index (χ2v) is 7.08. The van der Waals surface area contributed by atoms with E-state index in [1.165, 1.54) is 19.3 Å². The van der Waals surface area contributed by atoms with Gasteiger partial charge in [0.15, 0.2) is 6.61 Å². The normalized spacial score (nSPS) is 14.8. The van der Waals surface area contributed by atoms with Crippen LogP contribution in [0.4, 0.5) is 0 Å². The number of pyridine rings is 1. The maximum Gasteiger partial charge on any atom is 0.258 e. The van der Waals surface area contributed by atoms with Gasteiger partial charge >= 0.3 is 0 Å².